The molecule has 2 heterocycles. The Kier molecular flexibility index (Phi) is 5.71. The molecule has 1 aliphatic rings. The average Bonchev–Trinajstić information content (AvgIpc) is 3.22. The average molecular weight is 390 g/mol. The summed E-state index contributed by atoms with van der Waals surface area (Å²) in [6.07, 6.45) is 3.63. The van der Waals surface area contributed by atoms with Crippen molar-refractivity contribution in [3.8, 4) is 0 Å². The third-order valence-corrected chi connectivity index (χ3v) is 6.26. The van der Waals surface area contributed by atoms with E-state index in [2.05, 4.69) is 5.10 Å². The van der Waals surface area contributed by atoms with Crippen molar-refractivity contribution in [3.05, 3.63) is 48.3 Å². The Morgan fingerprint density at radius 3 is 2.37 bits per heavy atom. The fourth-order valence-corrected chi connectivity index (χ4v) is 4.48. The SMILES string of the molecule is Cn1cc(S(=O)(=O)N(CCCN2C(=O)CCC2=O)Cc2ccccc2)cn1. The van der Waals surface area contributed by atoms with Crippen LogP contribution >= 0.6 is 0 Å². The summed E-state index contributed by atoms with van der Waals surface area (Å²) < 4.78 is 28.9. The van der Waals surface area contributed by atoms with Crippen molar-refractivity contribution in [2.45, 2.75) is 30.7 Å². The van der Waals surface area contributed by atoms with Gasteiger partial charge in [-0.2, -0.15) is 9.40 Å². The first kappa shape index (κ1) is 19.2. The highest BCUT2D eigenvalue weighted by molar-refractivity contribution is 7.89. The number of hydrogen-bond donors (Lipinski definition) is 0. The summed E-state index contributed by atoms with van der Waals surface area (Å²) in [6.45, 7) is 0.634. The van der Waals surface area contributed by atoms with Crippen LogP contribution in [0.15, 0.2) is 47.6 Å². The number of rotatable bonds is 8. The second-order valence-electron chi connectivity index (χ2n) is 6.47. The minimum absolute atomic E-state index is 0.120. The number of carbonyl (C=O) groups excluding carboxylic acids is 2. The molecule has 27 heavy (non-hydrogen) atoms. The first-order valence-electron chi connectivity index (χ1n) is 8.74. The summed E-state index contributed by atoms with van der Waals surface area (Å²) in [5, 5.41) is 3.95. The Bertz CT molecular complexity index is 908. The van der Waals surface area contributed by atoms with Gasteiger partial charge in [0.05, 0.1) is 6.20 Å². The van der Waals surface area contributed by atoms with Crippen molar-refractivity contribution in [1.82, 2.24) is 19.0 Å². The Balaban J connectivity index is 1.75. The topological polar surface area (TPSA) is 92.6 Å². The van der Waals surface area contributed by atoms with Gasteiger partial charge in [-0.25, -0.2) is 8.42 Å². The summed E-state index contributed by atoms with van der Waals surface area (Å²) in [7, 11) is -2.08. The molecule has 1 saturated heterocycles. The smallest absolute Gasteiger partial charge is 0.246 e. The van der Waals surface area contributed by atoms with Gasteiger partial charge < -0.3 is 0 Å². The van der Waals surface area contributed by atoms with E-state index in [4.69, 9.17) is 0 Å². The molecule has 1 fully saturated rings. The van der Waals surface area contributed by atoms with Crippen LogP contribution in [0.5, 0.6) is 0 Å². The molecule has 2 aromatic rings. The highest BCUT2D eigenvalue weighted by atomic mass is 32.2. The molecule has 1 aromatic carbocycles. The zero-order chi connectivity index (χ0) is 19.4. The van der Waals surface area contributed by atoms with Crippen LogP contribution in [0.25, 0.3) is 0 Å². The Hall–Kier alpha value is -2.52. The summed E-state index contributed by atoms with van der Waals surface area (Å²) in [5.41, 5.74) is 0.860. The van der Waals surface area contributed by atoms with Crippen molar-refractivity contribution >= 4 is 21.8 Å². The fourth-order valence-electron chi connectivity index (χ4n) is 3.03. The third-order valence-electron chi connectivity index (χ3n) is 4.46. The lowest BCUT2D eigenvalue weighted by molar-refractivity contribution is -0.138. The van der Waals surface area contributed by atoms with Crippen molar-refractivity contribution in [2.24, 2.45) is 7.05 Å². The quantitative estimate of drug-likeness (QED) is 0.631. The van der Waals surface area contributed by atoms with E-state index in [1.54, 1.807) is 7.05 Å². The van der Waals surface area contributed by atoms with Gasteiger partial charge in [-0.3, -0.25) is 19.2 Å². The van der Waals surface area contributed by atoms with Gasteiger partial charge in [0.15, 0.2) is 0 Å². The van der Waals surface area contributed by atoms with Crippen LogP contribution in [0.4, 0.5) is 0 Å². The van der Waals surface area contributed by atoms with Gasteiger partial charge in [0.25, 0.3) is 0 Å². The van der Waals surface area contributed by atoms with Gasteiger partial charge in [0, 0.05) is 45.7 Å². The number of amides is 2. The molecule has 0 N–H and O–H groups in total. The Morgan fingerprint density at radius 2 is 1.78 bits per heavy atom. The monoisotopic (exact) mass is 390 g/mol. The molecule has 1 aliphatic heterocycles. The van der Waals surface area contributed by atoms with Gasteiger partial charge in [-0.05, 0) is 12.0 Å². The number of hydrogen-bond acceptors (Lipinski definition) is 5. The molecule has 0 spiro atoms. The molecule has 3 rings (SSSR count). The lowest BCUT2D eigenvalue weighted by Gasteiger charge is -2.23. The normalized spacial score (nSPS) is 15.1. The summed E-state index contributed by atoms with van der Waals surface area (Å²) >= 11 is 0. The first-order chi connectivity index (χ1) is 12.9. The van der Waals surface area contributed by atoms with E-state index in [0.717, 1.165) is 5.56 Å². The molecule has 0 bridgehead atoms. The van der Waals surface area contributed by atoms with E-state index in [-0.39, 0.29) is 49.2 Å². The van der Waals surface area contributed by atoms with Gasteiger partial charge in [0.1, 0.15) is 4.90 Å². The van der Waals surface area contributed by atoms with Crippen LogP contribution in [0, 0.1) is 0 Å². The predicted molar refractivity (Wildman–Crippen MR) is 97.8 cm³/mol. The molecular formula is C18H22N4O4S. The number of imide groups is 1. The van der Waals surface area contributed by atoms with Gasteiger partial charge in [-0.1, -0.05) is 30.3 Å². The van der Waals surface area contributed by atoms with E-state index in [1.807, 2.05) is 30.3 Å². The highest BCUT2D eigenvalue weighted by Gasteiger charge is 2.30. The highest BCUT2D eigenvalue weighted by Crippen LogP contribution is 2.19. The lowest BCUT2D eigenvalue weighted by Crippen LogP contribution is -2.35. The van der Waals surface area contributed by atoms with Crippen LogP contribution in [0.2, 0.25) is 0 Å². The van der Waals surface area contributed by atoms with Crippen LogP contribution in [-0.2, 0) is 33.2 Å². The number of likely N-dealkylation sites (tertiary alicyclic amines) is 1. The molecule has 0 aliphatic carbocycles. The molecule has 8 nitrogen and oxygen atoms in total. The number of sulfonamides is 1. The maximum absolute atomic E-state index is 13.0. The molecule has 144 valence electrons. The van der Waals surface area contributed by atoms with E-state index in [0.29, 0.717) is 6.42 Å². The second-order valence-corrected chi connectivity index (χ2v) is 8.40. The third kappa shape index (κ3) is 4.42. The summed E-state index contributed by atoms with van der Waals surface area (Å²) in [4.78, 5) is 24.8. The number of benzene rings is 1. The van der Waals surface area contributed by atoms with E-state index >= 15 is 0 Å². The fraction of sp³-hybridized carbons (Fsp3) is 0.389. The number of nitrogens with zero attached hydrogens (tertiary/aromatic N) is 4. The van der Waals surface area contributed by atoms with Gasteiger partial charge >= 0.3 is 0 Å². The number of carbonyl (C=O) groups is 2. The zero-order valence-electron chi connectivity index (χ0n) is 15.1. The molecule has 2 amide bonds. The van der Waals surface area contributed by atoms with Crippen molar-refractivity contribution in [1.29, 1.82) is 0 Å². The van der Waals surface area contributed by atoms with Crippen LogP contribution < -0.4 is 0 Å². The molecule has 9 heteroatoms. The number of aryl methyl sites for hydroxylation is 1. The molecule has 0 radical (unpaired) electrons. The van der Waals surface area contributed by atoms with Crippen LogP contribution in [0.1, 0.15) is 24.8 Å². The van der Waals surface area contributed by atoms with Gasteiger partial charge in [0.2, 0.25) is 21.8 Å². The first-order valence-corrected chi connectivity index (χ1v) is 10.2. The van der Waals surface area contributed by atoms with E-state index < -0.39 is 10.0 Å². The van der Waals surface area contributed by atoms with Gasteiger partial charge in [-0.15, -0.1) is 0 Å². The summed E-state index contributed by atoms with van der Waals surface area (Å²) in [6, 6.07) is 9.30. The minimum Gasteiger partial charge on any atom is -0.283 e. The largest absolute Gasteiger partial charge is 0.283 e. The Labute approximate surface area is 158 Å². The molecule has 1 aromatic heterocycles. The number of aromatic nitrogens is 2. The molecular weight excluding hydrogens is 368 g/mol. The maximum Gasteiger partial charge on any atom is 0.246 e. The van der Waals surface area contributed by atoms with Crippen molar-refractivity contribution in [3.63, 3.8) is 0 Å². The second kappa shape index (κ2) is 8.01. The maximum atomic E-state index is 13.0. The van der Waals surface area contributed by atoms with Crippen molar-refractivity contribution in [2.75, 3.05) is 13.1 Å². The predicted octanol–water partition coefficient (Wildman–Crippen LogP) is 1.15. The lowest BCUT2D eigenvalue weighted by atomic mass is 10.2. The van der Waals surface area contributed by atoms with E-state index in [9.17, 15) is 18.0 Å². The van der Waals surface area contributed by atoms with Crippen molar-refractivity contribution < 1.29 is 18.0 Å². The summed E-state index contributed by atoms with van der Waals surface area (Å²) in [5.74, 6) is -0.380. The van der Waals surface area contributed by atoms with E-state index in [1.165, 1.54) is 26.3 Å². The minimum atomic E-state index is -3.74. The molecule has 0 atom stereocenters. The van der Waals surface area contributed by atoms with Crippen LogP contribution in [-0.4, -0.2) is 52.3 Å². The van der Waals surface area contributed by atoms with Crippen LogP contribution in [0.3, 0.4) is 0 Å². The Morgan fingerprint density at radius 1 is 1.11 bits per heavy atom. The molecule has 0 saturated carbocycles. The standard InChI is InChI=1S/C18H22N4O4S/c1-20-14-16(12-19-20)27(25,26)21(13-15-6-3-2-4-7-15)10-5-11-22-17(23)8-9-18(22)24/h2-4,6-7,12,14H,5,8-11,13H2,1H3. The zero-order valence-corrected chi connectivity index (χ0v) is 15.9. The molecule has 0 unspecified atom stereocenters.